The van der Waals surface area contributed by atoms with Crippen molar-refractivity contribution >= 4 is 15.9 Å². The van der Waals surface area contributed by atoms with Crippen molar-refractivity contribution in [3.63, 3.8) is 0 Å². The maximum absolute atomic E-state index is 12.1. The lowest BCUT2D eigenvalue weighted by Crippen LogP contribution is -2.52. The monoisotopic (exact) mass is 311 g/mol. The lowest BCUT2D eigenvalue weighted by Gasteiger charge is -2.44. The second-order valence-electron chi connectivity index (χ2n) is 5.66. The second-order valence-corrected chi connectivity index (χ2v) is 6.58. The normalized spacial score (nSPS) is 22.8. The van der Waals surface area contributed by atoms with Gasteiger partial charge in [-0.25, -0.2) is 0 Å². The molecule has 0 amide bonds. The summed E-state index contributed by atoms with van der Waals surface area (Å²) in [6.07, 6.45) is 3.35. The van der Waals surface area contributed by atoms with Crippen molar-refractivity contribution < 1.29 is 4.39 Å². The van der Waals surface area contributed by atoms with E-state index in [9.17, 15) is 4.39 Å². The molecule has 2 fully saturated rings. The van der Waals surface area contributed by atoms with Gasteiger partial charge < -0.3 is 4.90 Å². The Morgan fingerprint density at radius 3 is 2.44 bits per heavy atom. The fourth-order valence-corrected chi connectivity index (χ4v) is 3.50. The van der Waals surface area contributed by atoms with E-state index in [0.29, 0.717) is 11.8 Å². The van der Waals surface area contributed by atoms with Gasteiger partial charge in [0.25, 0.3) is 0 Å². The summed E-state index contributed by atoms with van der Waals surface area (Å²) in [4.78, 5) is 2.39. The minimum absolute atomic E-state index is 0.182. The van der Waals surface area contributed by atoms with Crippen LogP contribution in [0, 0.1) is 5.92 Å². The molecular weight excluding hydrogens is 293 g/mol. The van der Waals surface area contributed by atoms with E-state index in [2.05, 4.69) is 45.1 Å². The van der Waals surface area contributed by atoms with E-state index >= 15 is 0 Å². The van der Waals surface area contributed by atoms with E-state index in [4.69, 9.17) is 0 Å². The molecule has 0 atom stereocenters. The molecule has 3 heteroatoms. The molecule has 3 rings (SSSR count). The summed E-state index contributed by atoms with van der Waals surface area (Å²) in [5.74, 6) is 0.790. The van der Waals surface area contributed by atoms with Gasteiger partial charge in [-0.05, 0) is 42.9 Å². The van der Waals surface area contributed by atoms with Crippen molar-refractivity contribution in [1.29, 1.82) is 0 Å². The van der Waals surface area contributed by atoms with Gasteiger partial charge in [0.2, 0.25) is 0 Å². The topological polar surface area (TPSA) is 3.24 Å². The predicted molar refractivity (Wildman–Crippen MR) is 75.6 cm³/mol. The molecule has 0 aromatic heterocycles. The largest absolute Gasteiger partial charge is 0.303 e. The van der Waals surface area contributed by atoms with Gasteiger partial charge in [0.1, 0.15) is 0 Å². The molecule has 1 heterocycles. The van der Waals surface area contributed by atoms with Gasteiger partial charge in [-0.3, -0.25) is 4.39 Å². The SMILES string of the molecule is FCCCN1CC(C2(c3ccc(Br)cc3)CC2)C1. The van der Waals surface area contributed by atoms with Gasteiger partial charge in [-0.1, -0.05) is 28.1 Å². The van der Waals surface area contributed by atoms with Gasteiger partial charge in [-0.2, -0.15) is 0 Å². The first-order valence-electron chi connectivity index (χ1n) is 6.79. The van der Waals surface area contributed by atoms with Crippen LogP contribution in [0.15, 0.2) is 28.7 Å². The van der Waals surface area contributed by atoms with Crippen LogP contribution in [-0.2, 0) is 5.41 Å². The molecule has 0 unspecified atom stereocenters. The smallest absolute Gasteiger partial charge is 0.0906 e. The zero-order valence-corrected chi connectivity index (χ0v) is 12.1. The van der Waals surface area contributed by atoms with E-state index in [0.717, 1.165) is 30.0 Å². The molecule has 1 aromatic carbocycles. The van der Waals surface area contributed by atoms with E-state index in [1.54, 1.807) is 0 Å². The van der Waals surface area contributed by atoms with Crippen LogP contribution in [0.4, 0.5) is 4.39 Å². The summed E-state index contributed by atoms with van der Waals surface area (Å²) >= 11 is 3.49. The second kappa shape index (κ2) is 4.93. The molecule has 18 heavy (non-hydrogen) atoms. The number of nitrogens with zero attached hydrogens (tertiary/aromatic N) is 1. The fourth-order valence-electron chi connectivity index (χ4n) is 3.23. The molecule has 0 bridgehead atoms. The molecule has 1 aliphatic carbocycles. The first-order chi connectivity index (χ1) is 8.74. The lowest BCUT2D eigenvalue weighted by atomic mass is 9.78. The van der Waals surface area contributed by atoms with Gasteiger partial charge in [0.05, 0.1) is 6.67 Å². The number of hydrogen-bond donors (Lipinski definition) is 0. The van der Waals surface area contributed by atoms with Crippen LogP contribution in [-0.4, -0.2) is 31.2 Å². The fraction of sp³-hybridized carbons (Fsp3) is 0.600. The van der Waals surface area contributed by atoms with E-state index in [-0.39, 0.29) is 6.67 Å². The van der Waals surface area contributed by atoms with E-state index in [1.807, 2.05) is 0 Å². The highest BCUT2D eigenvalue weighted by Crippen LogP contribution is 2.56. The van der Waals surface area contributed by atoms with Gasteiger partial charge >= 0.3 is 0 Å². The Bertz CT molecular complexity index is 407. The average molecular weight is 312 g/mol. The van der Waals surface area contributed by atoms with Crippen LogP contribution in [0.5, 0.6) is 0 Å². The Labute approximate surface area is 116 Å². The third kappa shape index (κ3) is 2.23. The van der Waals surface area contributed by atoms with Crippen molar-refractivity contribution in [1.82, 2.24) is 4.90 Å². The molecule has 1 saturated heterocycles. The highest BCUT2D eigenvalue weighted by molar-refractivity contribution is 9.10. The summed E-state index contributed by atoms with van der Waals surface area (Å²) in [5.41, 5.74) is 1.95. The molecule has 1 nitrogen and oxygen atoms in total. The summed E-state index contributed by atoms with van der Waals surface area (Å²) in [6, 6.07) is 8.83. The van der Waals surface area contributed by atoms with Crippen molar-refractivity contribution in [2.75, 3.05) is 26.3 Å². The quantitative estimate of drug-likeness (QED) is 0.800. The Balaban J connectivity index is 1.61. The molecule has 0 spiro atoms. The first kappa shape index (κ1) is 12.6. The van der Waals surface area contributed by atoms with Crippen molar-refractivity contribution in [2.45, 2.75) is 24.7 Å². The van der Waals surface area contributed by atoms with Crippen molar-refractivity contribution in [2.24, 2.45) is 5.92 Å². The van der Waals surface area contributed by atoms with Crippen LogP contribution in [0.2, 0.25) is 0 Å². The molecule has 1 aromatic rings. The Morgan fingerprint density at radius 2 is 1.89 bits per heavy atom. The maximum Gasteiger partial charge on any atom is 0.0906 e. The average Bonchev–Trinajstić information content (AvgIpc) is 3.09. The molecule has 0 radical (unpaired) electrons. The standard InChI is InChI=1S/C15H19BrFN/c16-14-4-2-12(3-5-14)15(6-7-15)13-10-18(11-13)9-1-8-17/h2-5,13H,1,6-11H2. The van der Waals surface area contributed by atoms with E-state index < -0.39 is 0 Å². The lowest BCUT2D eigenvalue weighted by molar-refractivity contribution is 0.0696. The Kier molecular flexibility index (Phi) is 3.46. The predicted octanol–water partition coefficient (Wildman–Crippen LogP) is 3.77. The highest BCUT2D eigenvalue weighted by atomic mass is 79.9. The number of likely N-dealkylation sites (tertiary alicyclic amines) is 1. The minimum atomic E-state index is -0.182. The van der Waals surface area contributed by atoms with Crippen LogP contribution >= 0.6 is 15.9 Å². The molecule has 1 aliphatic heterocycles. The third-order valence-corrected chi connectivity index (χ3v) is 5.08. The van der Waals surface area contributed by atoms with Crippen LogP contribution in [0.3, 0.4) is 0 Å². The molecule has 2 aliphatic rings. The summed E-state index contributed by atoms with van der Waals surface area (Å²) < 4.78 is 13.3. The van der Waals surface area contributed by atoms with Crippen LogP contribution < -0.4 is 0 Å². The summed E-state index contributed by atoms with van der Waals surface area (Å²) in [7, 11) is 0. The zero-order chi connectivity index (χ0) is 12.6. The number of hydrogen-bond acceptors (Lipinski definition) is 1. The highest BCUT2D eigenvalue weighted by Gasteiger charge is 2.53. The minimum Gasteiger partial charge on any atom is -0.303 e. The van der Waals surface area contributed by atoms with Crippen molar-refractivity contribution in [3.05, 3.63) is 34.3 Å². The number of alkyl halides is 1. The first-order valence-corrected chi connectivity index (χ1v) is 7.58. The van der Waals surface area contributed by atoms with Gasteiger partial charge in [-0.15, -0.1) is 0 Å². The Morgan fingerprint density at radius 1 is 1.22 bits per heavy atom. The number of benzene rings is 1. The molecule has 0 N–H and O–H groups in total. The summed E-state index contributed by atoms with van der Waals surface area (Å²) in [6.45, 7) is 3.08. The Hall–Kier alpha value is -0.410. The maximum atomic E-state index is 12.1. The van der Waals surface area contributed by atoms with Gasteiger partial charge in [0.15, 0.2) is 0 Å². The zero-order valence-electron chi connectivity index (χ0n) is 10.5. The van der Waals surface area contributed by atoms with Gasteiger partial charge in [0, 0.05) is 29.5 Å². The number of rotatable bonds is 5. The third-order valence-electron chi connectivity index (χ3n) is 4.55. The summed E-state index contributed by atoms with van der Waals surface area (Å²) in [5, 5.41) is 0. The molecule has 1 saturated carbocycles. The van der Waals surface area contributed by atoms with Crippen molar-refractivity contribution in [3.8, 4) is 0 Å². The number of halogens is 2. The van der Waals surface area contributed by atoms with Crippen LogP contribution in [0.1, 0.15) is 24.8 Å². The molecular formula is C15H19BrFN. The van der Waals surface area contributed by atoms with Crippen LogP contribution in [0.25, 0.3) is 0 Å². The van der Waals surface area contributed by atoms with E-state index in [1.165, 1.54) is 18.4 Å². The molecule has 98 valence electrons.